The Bertz CT molecular complexity index is 785. The van der Waals surface area contributed by atoms with Gasteiger partial charge in [0.2, 0.25) is 5.91 Å². The smallest absolute Gasteiger partial charge is 0.369 e. The number of nitrogens with one attached hydrogen (secondary N) is 2. The molecule has 1 aliphatic heterocycles. The number of anilines is 1. The maximum atomic E-state index is 13.0. The molecule has 2 atom stereocenters. The Morgan fingerprint density at radius 1 is 1.35 bits per heavy atom. The third-order valence-electron chi connectivity index (χ3n) is 4.55. The first-order valence-electron chi connectivity index (χ1n) is 8.49. The van der Waals surface area contributed by atoms with Gasteiger partial charge in [0.15, 0.2) is 0 Å². The molecule has 5 nitrogen and oxygen atoms in total. The molecule has 1 aliphatic rings. The highest BCUT2D eigenvalue weighted by atomic mass is 19.4. The molecule has 1 amide bonds. The summed E-state index contributed by atoms with van der Waals surface area (Å²) in [5, 5.41) is 10.2. The molecule has 8 heteroatoms. The van der Waals surface area contributed by atoms with Crippen LogP contribution < -0.4 is 10.6 Å². The predicted octanol–water partition coefficient (Wildman–Crippen LogP) is 3.46. The first-order chi connectivity index (χ1) is 12.3. The van der Waals surface area contributed by atoms with Crippen molar-refractivity contribution in [3.05, 3.63) is 47.7 Å². The van der Waals surface area contributed by atoms with E-state index in [0.717, 1.165) is 18.0 Å². The quantitative estimate of drug-likeness (QED) is 0.871. The number of aromatic nitrogens is 2. The van der Waals surface area contributed by atoms with Crippen molar-refractivity contribution in [1.29, 1.82) is 0 Å². The molecule has 3 rings (SSSR count). The Morgan fingerprint density at radius 3 is 2.81 bits per heavy atom. The molecule has 2 N–H and O–H groups in total. The van der Waals surface area contributed by atoms with Crippen molar-refractivity contribution in [2.24, 2.45) is 11.8 Å². The van der Waals surface area contributed by atoms with Crippen LogP contribution in [0.15, 0.2) is 36.5 Å². The molecule has 0 spiro atoms. The van der Waals surface area contributed by atoms with Gasteiger partial charge in [0.05, 0.1) is 30.3 Å². The lowest BCUT2D eigenvalue weighted by molar-refractivity contribution is -0.137. The average molecular weight is 366 g/mol. The molecule has 1 aromatic heterocycles. The van der Waals surface area contributed by atoms with Crippen LogP contribution in [0.25, 0.3) is 0 Å². The second kappa shape index (κ2) is 7.01. The molecule has 0 bridgehead atoms. The first-order valence-corrected chi connectivity index (χ1v) is 8.49. The fourth-order valence-corrected chi connectivity index (χ4v) is 3.12. The lowest BCUT2D eigenvalue weighted by atomic mass is 9.93. The van der Waals surface area contributed by atoms with Crippen LogP contribution in [-0.4, -0.2) is 22.2 Å². The van der Waals surface area contributed by atoms with E-state index in [4.69, 9.17) is 0 Å². The molecule has 140 valence electrons. The summed E-state index contributed by atoms with van der Waals surface area (Å²) >= 11 is 0. The Morgan fingerprint density at radius 2 is 2.12 bits per heavy atom. The van der Waals surface area contributed by atoms with Gasteiger partial charge in [-0.05, 0) is 23.6 Å². The molecule has 0 saturated carbocycles. The molecule has 26 heavy (non-hydrogen) atoms. The number of halogens is 3. The molecule has 0 radical (unpaired) electrons. The van der Waals surface area contributed by atoms with Gasteiger partial charge in [0.25, 0.3) is 0 Å². The Hall–Kier alpha value is -2.51. The van der Waals surface area contributed by atoms with Gasteiger partial charge in [-0.2, -0.15) is 18.3 Å². The van der Waals surface area contributed by atoms with Crippen LogP contribution in [0.3, 0.4) is 0 Å². The summed E-state index contributed by atoms with van der Waals surface area (Å²) in [5.41, 5.74) is -0.262. The van der Waals surface area contributed by atoms with Gasteiger partial charge < -0.3 is 10.6 Å². The zero-order chi connectivity index (χ0) is 18.9. The van der Waals surface area contributed by atoms with Gasteiger partial charge >= 0.3 is 6.18 Å². The summed E-state index contributed by atoms with van der Waals surface area (Å²) < 4.78 is 40.7. The number of alkyl halides is 3. The zero-order valence-corrected chi connectivity index (χ0v) is 14.5. The maximum absolute atomic E-state index is 13.0. The summed E-state index contributed by atoms with van der Waals surface area (Å²) in [4.78, 5) is 12.7. The second-order valence-corrected chi connectivity index (χ2v) is 6.83. The monoisotopic (exact) mass is 366 g/mol. The van der Waals surface area contributed by atoms with Gasteiger partial charge in [-0.25, -0.2) is 4.68 Å². The van der Waals surface area contributed by atoms with E-state index in [1.807, 2.05) is 19.9 Å². The minimum absolute atomic E-state index is 0.0563. The molecule has 2 unspecified atom stereocenters. The number of hydrogen-bond donors (Lipinski definition) is 2. The summed E-state index contributed by atoms with van der Waals surface area (Å²) in [5.74, 6) is 0.260. The van der Waals surface area contributed by atoms with Crippen molar-refractivity contribution < 1.29 is 18.0 Å². The molecule has 2 aromatic rings. The Balaban J connectivity index is 1.76. The number of amides is 1. The van der Waals surface area contributed by atoms with E-state index in [-0.39, 0.29) is 17.7 Å². The Labute approximate surface area is 149 Å². The highest BCUT2D eigenvalue weighted by Crippen LogP contribution is 2.32. The largest absolute Gasteiger partial charge is 0.416 e. The SMILES string of the molecule is CC(C)C(NC(=O)C1CNc2ccnn2C1)c1cccc(C(F)(F)F)c1. The zero-order valence-electron chi connectivity index (χ0n) is 14.5. The van der Waals surface area contributed by atoms with Crippen LogP contribution in [0.2, 0.25) is 0 Å². The highest BCUT2D eigenvalue weighted by molar-refractivity contribution is 5.80. The van der Waals surface area contributed by atoms with E-state index in [2.05, 4.69) is 15.7 Å². The van der Waals surface area contributed by atoms with Crippen LogP contribution in [0.5, 0.6) is 0 Å². The molecule has 0 aliphatic carbocycles. The van der Waals surface area contributed by atoms with E-state index >= 15 is 0 Å². The number of hydrogen-bond acceptors (Lipinski definition) is 3. The summed E-state index contributed by atoms with van der Waals surface area (Å²) in [7, 11) is 0. The summed E-state index contributed by atoms with van der Waals surface area (Å²) in [6.45, 7) is 4.64. The van der Waals surface area contributed by atoms with E-state index in [9.17, 15) is 18.0 Å². The highest BCUT2D eigenvalue weighted by Gasteiger charge is 2.32. The van der Waals surface area contributed by atoms with Gasteiger partial charge in [0, 0.05) is 12.6 Å². The molecular weight excluding hydrogens is 345 g/mol. The molecular formula is C18H21F3N4O. The number of carbonyl (C=O) groups is 1. The van der Waals surface area contributed by atoms with Gasteiger partial charge in [-0.15, -0.1) is 0 Å². The van der Waals surface area contributed by atoms with Crippen molar-refractivity contribution in [2.45, 2.75) is 32.6 Å². The van der Waals surface area contributed by atoms with Crippen molar-refractivity contribution >= 4 is 11.7 Å². The predicted molar refractivity (Wildman–Crippen MR) is 91.4 cm³/mol. The number of carbonyl (C=O) groups excluding carboxylic acids is 1. The van der Waals surface area contributed by atoms with Gasteiger partial charge in [-0.3, -0.25) is 4.79 Å². The van der Waals surface area contributed by atoms with E-state index in [0.29, 0.717) is 18.7 Å². The molecule has 0 saturated heterocycles. The summed E-state index contributed by atoms with van der Waals surface area (Å²) in [6.07, 6.45) is -2.76. The minimum Gasteiger partial charge on any atom is -0.369 e. The lowest BCUT2D eigenvalue weighted by Crippen LogP contribution is -2.42. The minimum atomic E-state index is -4.41. The van der Waals surface area contributed by atoms with E-state index in [1.54, 1.807) is 16.9 Å². The number of nitrogens with zero attached hydrogens (tertiary/aromatic N) is 2. The van der Waals surface area contributed by atoms with Gasteiger partial charge in [-0.1, -0.05) is 26.0 Å². The Kier molecular flexibility index (Phi) is 4.93. The van der Waals surface area contributed by atoms with Gasteiger partial charge in [0.1, 0.15) is 5.82 Å². The molecule has 0 fully saturated rings. The average Bonchev–Trinajstić information content (AvgIpc) is 3.06. The number of fused-ring (bicyclic) bond motifs is 1. The van der Waals surface area contributed by atoms with E-state index in [1.165, 1.54) is 6.07 Å². The third kappa shape index (κ3) is 3.84. The number of benzene rings is 1. The fourth-order valence-electron chi connectivity index (χ4n) is 3.12. The van der Waals surface area contributed by atoms with Crippen LogP contribution in [0.4, 0.5) is 19.0 Å². The molecule has 1 aromatic carbocycles. The number of rotatable bonds is 4. The maximum Gasteiger partial charge on any atom is 0.416 e. The topological polar surface area (TPSA) is 59.0 Å². The van der Waals surface area contributed by atoms with Crippen molar-refractivity contribution in [3.8, 4) is 0 Å². The first kappa shape index (κ1) is 18.3. The van der Waals surface area contributed by atoms with Crippen molar-refractivity contribution in [3.63, 3.8) is 0 Å². The standard InChI is InChI=1S/C18H21F3N4O/c1-11(2)16(12-4-3-5-14(8-12)18(19,20)21)24-17(26)13-9-22-15-6-7-23-25(15)10-13/h3-8,11,13,16,22H,9-10H2,1-2H3,(H,24,26). The lowest BCUT2D eigenvalue weighted by Gasteiger charge is -2.29. The van der Waals surface area contributed by atoms with Crippen LogP contribution in [0, 0.1) is 11.8 Å². The third-order valence-corrected chi connectivity index (χ3v) is 4.55. The fraction of sp³-hybridized carbons (Fsp3) is 0.444. The summed E-state index contributed by atoms with van der Waals surface area (Å²) in [6, 6.07) is 6.46. The van der Waals surface area contributed by atoms with E-state index < -0.39 is 17.8 Å². The van der Waals surface area contributed by atoms with Crippen LogP contribution in [0.1, 0.15) is 31.0 Å². The molecule has 2 heterocycles. The van der Waals surface area contributed by atoms with Crippen molar-refractivity contribution in [1.82, 2.24) is 15.1 Å². The van der Waals surface area contributed by atoms with Crippen LogP contribution in [-0.2, 0) is 17.5 Å². The normalized spacial score (nSPS) is 18.2. The second-order valence-electron chi connectivity index (χ2n) is 6.83. The van der Waals surface area contributed by atoms with Crippen molar-refractivity contribution in [2.75, 3.05) is 11.9 Å². The van der Waals surface area contributed by atoms with Crippen LogP contribution >= 0.6 is 0 Å².